The van der Waals surface area contributed by atoms with Crippen molar-refractivity contribution in [1.82, 2.24) is 24.8 Å². The predicted octanol–water partition coefficient (Wildman–Crippen LogP) is 5.40. The Bertz CT molecular complexity index is 2100. The molecule has 4 amide bonds. The molecule has 2 aliphatic heterocycles. The molecule has 2 aromatic rings. The third kappa shape index (κ3) is 8.04. The molecule has 4 aliphatic rings. The molecule has 3 fully saturated rings. The van der Waals surface area contributed by atoms with Crippen LogP contribution in [-0.2, 0) is 24.4 Å². The van der Waals surface area contributed by atoms with Crippen LogP contribution < -0.4 is 19.5 Å². The second kappa shape index (κ2) is 15.9. The summed E-state index contributed by atoms with van der Waals surface area (Å²) in [6, 6.07) is 1.12. The number of carbonyl (C=O) groups excluding carboxylic acids is 3. The van der Waals surface area contributed by atoms with Crippen LogP contribution in [0.2, 0.25) is 0 Å². The van der Waals surface area contributed by atoms with E-state index in [0.29, 0.717) is 36.0 Å². The number of aromatic nitrogens is 1. The van der Waals surface area contributed by atoms with E-state index in [1.165, 1.54) is 32.4 Å². The number of benzene rings is 1. The summed E-state index contributed by atoms with van der Waals surface area (Å²) in [5.41, 5.74) is -4.04. The van der Waals surface area contributed by atoms with Crippen LogP contribution in [0.25, 0.3) is 10.8 Å². The van der Waals surface area contributed by atoms with Crippen molar-refractivity contribution in [3.8, 4) is 11.6 Å². The van der Waals surface area contributed by atoms with E-state index in [9.17, 15) is 41.1 Å². The Morgan fingerprint density at radius 3 is 2.53 bits per heavy atom. The molecule has 0 spiro atoms. The van der Waals surface area contributed by atoms with Crippen molar-refractivity contribution in [2.75, 3.05) is 13.7 Å². The van der Waals surface area contributed by atoms with E-state index in [1.807, 2.05) is 13.0 Å². The van der Waals surface area contributed by atoms with Gasteiger partial charge in [0.15, 0.2) is 11.6 Å². The van der Waals surface area contributed by atoms with Crippen LogP contribution in [0.15, 0.2) is 36.5 Å². The number of sulfonamides is 1. The summed E-state index contributed by atoms with van der Waals surface area (Å²) in [5.74, 6) is -4.91. The Labute approximate surface area is 335 Å². The van der Waals surface area contributed by atoms with Crippen LogP contribution in [0.4, 0.5) is 18.0 Å². The summed E-state index contributed by atoms with van der Waals surface area (Å²) in [6.45, 7) is 6.93. The monoisotopic (exact) mass is 835 g/mol. The second-order valence-electron chi connectivity index (χ2n) is 17.0. The van der Waals surface area contributed by atoms with Gasteiger partial charge in [-0.3, -0.25) is 24.0 Å². The lowest BCUT2D eigenvalue weighted by Crippen LogP contribution is -2.65. The number of pyridine rings is 1. The van der Waals surface area contributed by atoms with Gasteiger partial charge in [0.1, 0.15) is 29.3 Å². The van der Waals surface area contributed by atoms with Gasteiger partial charge < -0.3 is 24.8 Å². The standard InChI is InChI=1S/C40H52F3N5O9S/c1-7-23-16-22(2)10-8-9-11-25-20-40(25,36(51)46-58(54,55)39(5)13-14-39)45-32(49)29-18-26(57-33-27-19-28(41)30(56-6)17-24(27)12-15-44-33)21-47(29)34(50)31(23)48(37(52)53)38(3,4)35(42)43/h9,11-12,15,17,19,22-23,25-26,29,31,35H,7-8,10,13-14,16,18,20-21H2,1-6H3,(H,45,49)(H,46,51)(H,52,53)/b11-9-/t22-,23-,25-,26-,29+,31+,40-/m1/s1. The molecule has 1 saturated heterocycles. The van der Waals surface area contributed by atoms with Crippen molar-refractivity contribution in [2.24, 2.45) is 17.8 Å². The largest absolute Gasteiger partial charge is 0.494 e. The number of alkyl halides is 2. The number of allylic oxidation sites excluding steroid dienone is 1. The van der Waals surface area contributed by atoms with Crippen LogP contribution in [-0.4, -0.2) is 106 Å². The van der Waals surface area contributed by atoms with E-state index >= 15 is 4.79 Å². The molecule has 0 bridgehead atoms. The van der Waals surface area contributed by atoms with Crippen molar-refractivity contribution >= 4 is 44.6 Å². The quantitative estimate of drug-likeness (QED) is 0.262. The Morgan fingerprint density at radius 1 is 1.21 bits per heavy atom. The van der Waals surface area contributed by atoms with E-state index in [2.05, 4.69) is 15.0 Å². The molecule has 2 aliphatic carbocycles. The molecule has 1 aromatic heterocycles. The molecular formula is C40H52F3N5O9S. The van der Waals surface area contributed by atoms with Crippen LogP contribution in [0.3, 0.4) is 0 Å². The second-order valence-corrected chi connectivity index (χ2v) is 19.2. The summed E-state index contributed by atoms with van der Waals surface area (Å²) in [5, 5.41) is 14.1. The zero-order valence-corrected chi connectivity index (χ0v) is 34.3. The van der Waals surface area contributed by atoms with Crippen LogP contribution in [0, 0.1) is 23.6 Å². The minimum Gasteiger partial charge on any atom is -0.494 e. The van der Waals surface area contributed by atoms with Crippen molar-refractivity contribution in [3.63, 3.8) is 0 Å². The lowest BCUT2D eigenvalue weighted by molar-refractivity contribution is -0.149. The van der Waals surface area contributed by atoms with Gasteiger partial charge in [-0.2, -0.15) is 0 Å². The van der Waals surface area contributed by atoms with Gasteiger partial charge in [0.05, 0.1) is 18.4 Å². The van der Waals surface area contributed by atoms with E-state index in [1.54, 1.807) is 19.1 Å². The minimum atomic E-state index is -4.11. The first-order valence-corrected chi connectivity index (χ1v) is 21.1. The van der Waals surface area contributed by atoms with E-state index < -0.39 is 91.9 Å². The fourth-order valence-electron chi connectivity index (χ4n) is 8.31. The van der Waals surface area contributed by atoms with Gasteiger partial charge in [-0.25, -0.2) is 31.4 Å². The van der Waals surface area contributed by atoms with Gasteiger partial charge in [-0.1, -0.05) is 32.4 Å². The number of nitrogens with one attached hydrogen (secondary N) is 2. The number of hydrogen-bond donors (Lipinski definition) is 3. The first-order valence-electron chi connectivity index (χ1n) is 19.6. The first-order chi connectivity index (χ1) is 27.2. The highest BCUT2D eigenvalue weighted by Crippen LogP contribution is 2.48. The maximum absolute atomic E-state index is 15.1. The number of carbonyl (C=O) groups is 4. The number of rotatable bonds is 10. The number of methoxy groups -OCH3 is 1. The SMILES string of the molecule is CC[C@@H]1C[C@H](C)CC/C=C\[C@@H]2C[C@@]2(C(=O)NS(=O)(=O)C2(C)CC2)NC(=O)[C@@H]2C[C@@H](Oc3nccc4cc(OC)c(F)cc34)CN2C(=O)[C@H]1N(C(=O)O)C(C)(C)C(F)F. The van der Waals surface area contributed by atoms with Crippen molar-refractivity contribution in [3.05, 3.63) is 42.4 Å². The smallest absolute Gasteiger partial charge is 0.408 e. The molecule has 58 heavy (non-hydrogen) atoms. The third-order valence-corrected chi connectivity index (χ3v) is 14.6. The molecule has 1 aromatic carbocycles. The predicted molar refractivity (Wildman–Crippen MR) is 206 cm³/mol. The number of hydrogen-bond acceptors (Lipinski definition) is 9. The highest BCUT2D eigenvalue weighted by atomic mass is 32.2. The molecule has 0 radical (unpaired) electrons. The highest BCUT2D eigenvalue weighted by molar-refractivity contribution is 7.91. The van der Waals surface area contributed by atoms with Gasteiger partial charge in [0, 0.05) is 23.9 Å². The zero-order valence-electron chi connectivity index (χ0n) is 33.5. The minimum absolute atomic E-state index is 0.0236. The first kappa shape index (κ1) is 43.0. The lowest BCUT2D eigenvalue weighted by Gasteiger charge is -2.45. The topological polar surface area (TPSA) is 185 Å². The Balaban J connectivity index is 1.43. The van der Waals surface area contributed by atoms with Crippen LogP contribution in [0.1, 0.15) is 86.0 Å². The molecule has 6 rings (SSSR count). The highest BCUT2D eigenvalue weighted by Gasteiger charge is 2.63. The average Bonchev–Trinajstić information content (AvgIpc) is 4.04. The van der Waals surface area contributed by atoms with Gasteiger partial charge in [-0.15, -0.1) is 0 Å². The van der Waals surface area contributed by atoms with E-state index in [0.717, 1.165) is 18.7 Å². The molecule has 3 heterocycles. The van der Waals surface area contributed by atoms with Crippen molar-refractivity contribution in [2.45, 2.75) is 126 Å². The van der Waals surface area contributed by atoms with E-state index in [-0.39, 0.29) is 55.2 Å². The Morgan fingerprint density at radius 2 is 1.91 bits per heavy atom. The summed E-state index contributed by atoms with van der Waals surface area (Å²) >= 11 is 0. The average molecular weight is 836 g/mol. The fraction of sp³-hybridized carbons (Fsp3) is 0.625. The number of carboxylic acid groups (broad SMARTS) is 1. The Kier molecular flexibility index (Phi) is 11.8. The normalized spacial score (nSPS) is 29.3. The van der Waals surface area contributed by atoms with Gasteiger partial charge in [0.25, 0.3) is 12.3 Å². The lowest BCUT2D eigenvalue weighted by atomic mass is 9.82. The van der Waals surface area contributed by atoms with Gasteiger partial charge >= 0.3 is 6.09 Å². The van der Waals surface area contributed by atoms with Gasteiger partial charge in [-0.05, 0) is 94.7 Å². The van der Waals surface area contributed by atoms with Crippen LogP contribution in [0.5, 0.6) is 11.6 Å². The number of amides is 4. The molecule has 14 nitrogen and oxygen atoms in total. The number of fused-ring (bicyclic) bond motifs is 3. The molecule has 2 saturated carbocycles. The zero-order chi connectivity index (χ0) is 42.5. The summed E-state index contributed by atoms with van der Waals surface area (Å²) in [4.78, 5) is 62.6. The number of nitrogens with zero attached hydrogens (tertiary/aromatic N) is 3. The number of ether oxygens (including phenoxy) is 2. The maximum atomic E-state index is 15.1. The molecule has 0 unspecified atom stereocenters. The van der Waals surface area contributed by atoms with Crippen LogP contribution >= 0.6 is 0 Å². The van der Waals surface area contributed by atoms with E-state index in [4.69, 9.17) is 9.47 Å². The number of halogens is 3. The molecule has 7 atom stereocenters. The van der Waals surface area contributed by atoms with Crippen molar-refractivity contribution in [1.29, 1.82) is 0 Å². The summed E-state index contributed by atoms with van der Waals surface area (Å²) in [6.07, 6.45) is 1.21. The molecule has 318 valence electrons. The Hall–Kier alpha value is -4.61. The molecular weight excluding hydrogens is 784 g/mol. The fourth-order valence-corrected chi connectivity index (χ4v) is 9.62. The summed E-state index contributed by atoms with van der Waals surface area (Å²) in [7, 11) is -2.80. The molecule has 18 heteroatoms. The molecule has 3 N–H and O–H groups in total. The summed E-state index contributed by atoms with van der Waals surface area (Å²) < 4.78 is 83.3. The third-order valence-electron chi connectivity index (χ3n) is 12.5. The van der Waals surface area contributed by atoms with Crippen molar-refractivity contribution < 1.29 is 55.3 Å². The van der Waals surface area contributed by atoms with Gasteiger partial charge in [0.2, 0.25) is 27.7 Å². The maximum Gasteiger partial charge on any atom is 0.408 e.